The lowest BCUT2D eigenvalue weighted by atomic mass is 10.3. The maximum absolute atomic E-state index is 11.1. The van der Waals surface area contributed by atoms with E-state index in [1.165, 1.54) is 16.7 Å². The van der Waals surface area contributed by atoms with Crippen molar-refractivity contribution < 1.29 is 9.90 Å². The Hall–Kier alpha value is -2.48. The number of carboxylic acid groups (broad SMARTS) is 1. The van der Waals surface area contributed by atoms with Gasteiger partial charge in [-0.15, -0.1) is 10.2 Å². The number of aromatic carboxylic acids is 1. The van der Waals surface area contributed by atoms with Gasteiger partial charge in [-0.1, -0.05) is 11.6 Å². The molecule has 0 amide bonds. The van der Waals surface area contributed by atoms with Gasteiger partial charge in [0.15, 0.2) is 5.69 Å². The van der Waals surface area contributed by atoms with Gasteiger partial charge in [0, 0.05) is 6.20 Å². The average Bonchev–Trinajstić information content (AvgIpc) is 2.95. The number of tetrazole rings is 1. The quantitative estimate of drug-likeness (QED) is 0.711. The zero-order chi connectivity index (χ0) is 12.7. The number of aromatic amines is 1. The van der Waals surface area contributed by atoms with Crippen molar-refractivity contribution >= 4 is 23.2 Å². The van der Waals surface area contributed by atoms with Crippen molar-refractivity contribution in [3.63, 3.8) is 0 Å². The van der Waals surface area contributed by atoms with E-state index >= 15 is 0 Å². The smallest absolute Gasteiger partial charge is 0.354 e. The van der Waals surface area contributed by atoms with E-state index in [9.17, 15) is 4.79 Å². The predicted molar refractivity (Wildman–Crippen MR) is 60.3 cm³/mol. The molecule has 0 aliphatic carbocycles. The van der Waals surface area contributed by atoms with Crippen LogP contribution in [0.5, 0.6) is 0 Å². The number of H-pyrrole nitrogens is 1. The fourth-order valence-electron chi connectivity index (χ4n) is 1.62. The largest absolute Gasteiger partial charge is 0.477 e. The summed E-state index contributed by atoms with van der Waals surface area (Å²) >= 11 is 5.85. The zero-order valence-corrected chi connectivity index (χ0v) is 9.46. The van der Waals surface area contributed by atoms with Crippen LogP contribution in [0.25, 0.3) is 17.2 Å². The van der Waals surface area contributed by atoms with Crippen LogP contribution in [0.1, 0.15) is 10.5 Å². The molecule has 0 fully saturated rings. The summed E-state index contributed by atoms with van der Waals surface area (Å²) in [4.78, 5) is 15.3. The van der Waals surface area contributed by atoms with E-state index in [2.05, 4.69) is 25.6 Å². The molecule has 0 aliphatic rings. The van der Waals surface area contributed by atoms with Crippen molar-refractivity contribution in [1.29, 1.82) is 0 Å². The summed E-state index contributed by atoms with van der Waals surface area (Å²) in [6, 6.07) is 3.09. The number of hydrogen-bond donors (Lipinski definition) is 2. The van der Waals surface area contributed by atoms with Gasteiger partial charge in [0.25, 0.3) is 0 Å². The number of aromatic nitrogens is 6. The number of carbonyl (C=O) groups is 1. The summed E-state index contributed by atoms with van der Waals surface area (Å²) in [5.74, 6) is -0.853. The number of nitrogens with one attached hydrogen (secondary N) is 1. The van der Waals surface area contributed by atoms with Crippen LogP contribution >= 0.6 is 11.6 Å². The minimum atomic E-state index is -1.14. The van der Waals surface area contributed by atoms with Crippen molar-refractivity contribution in [2.75, 3.05) is 0 Å². The molecular formula is C9H5ClN6O2. The second-order valence-electron chi connectivity index (χ2n) is 3.42. The molecule has 3 aromatic rings. The maximum atomic E-state index is 11.1. The van der Waals surface area contributed by atoms with Gasteiger partial charge in [-0.05, 0) is 17.3 Å². The summed E-state index contributed by atoms with van der Waals surface area (Å²) in [5, 5.41) is 22.5. The van der Waals surface area contributed by atoms with Gasteiger partial charge in [-0.25, -0.2) is 9.78 Å². The van der Waals surface area contributed by atoms with Gasteiger partial charge in [-0.3, -0.25) is 4.40 Å². The first-order valence-corrected chi connectivity index (χ1v) is 5.19. The van der Waals surface area contributed by atoms with E-state index in [1.807, 2.05) is 0 Å². The van der Waals surface area contributed by atoms with Crippen LogP contribution in [0, 0.1) is 0 Å². The molecule has 0 saturated heterocycles. The third-order valence-corrected chi connectivity index (χ3v) is 2.66. The molecule has 18 heavy (non-hydrogen) atoms. The van der Waals surface area contributed by atoms with Crippen LogP contribution in [-0.2, 0) is 0 Å². The predicted octanol–water partition coefficient (Wildman–Crippen LogP) is 0.866. The van der Waals surface area contributed by atoms with E-state index in [1.54, 1.807) is 6.07 Å². The van der Waals surface area contributed by atoms with E-state index < -0.39 is 5.97 Å². The molecule has 2 N–H and O–H groups in total. The summed E-state index contributed by atoms with van der Waals surface area (Å²) in [7, 11) is 0. The molecule has 90 valence electrons. The lowest BCUT2D eigenvalue weighted by molar-refractivity contribution is 0.0689. The number of carboxylic acids is 1. The van der Waals surface area contributed by atoms with E-state index in [0.717, 1.165) is 0 Å². The topological polar surface area (TPSA) is 109 Å². The molecule has 0 atom stereocenters. The van der Waals surface area contributed by atoms with Crippen LogP contribution in [0.2, 0.25) is 5.02 Å². The minimum Gasteiger partial charge on any atom is -0.477 e. The van der Waals surface area contributed by atoms with Gasteiger partial charge in [0.1, 0.15) is 11.3 Å². The molecule has 0 saturated carbocycles. The molecule has 0 aliphatic heterocycles. The van der Waals surface area contributed by atoms with Crippen molar-refractivity contribution in [2.24, 2.45) is 0 Å². The minimum absolute atomic E-state index is 0.0589. The molecule has 8 nitrogen and oxygen atoms in total. The number of halogens is 1. The van der Waals surface area contributed by atoms with E-state index in [4.69, 9.17) is 16.7 Å². The maximum Gasteiger partial charge on any atom is 0.354 e. The second-order valence-corrected chi connectivity index (χ2v) is 3.83. The molecule has 0 radical (unpaired) electrons. The molecule has 0 bridgehead atoms. The third kappa shape index (κ3) is 1.51. The third-order valence-electron chi connectivity index (χ3n) is 2.36. The van der Waals surface area contributed by atoms with Gasteiger partial charge in [0.2, 0.25) is 5.82 Å². The first-order valence-electron chi connectivity index (χ1n) is 4.81. The van der Waals surface area contributed by atoms with Crippen LogP contribution in [0.4, 0.5) is 0 Å². The first kappa shape index (κ1) is 10.7. The molecule has 3 aromatic heterocycles. The Labute approximate surface area is 104 Å². The van der Waals surface area contributed by atoms with Crippen LogP contribution in [0.15, 0.2) is 18.3 Å². The SMILES string of the molecule is O=C(O)c1c(Cl)ccc2nc(-c3nn[nH]n3)cn12. The van der Waals surface area contributed by atoms with Gasteiger partial charge < -0.3 is 5.11 Å². The fraction of sp³-hybridized carbons (Fsp3) is 0. The summed E-state index contributed by atoms with van der Waals surface area (Å²) in [6.07, 6.45) is 1.50. The molecular weight excluding hydrogens is 260 g/mol. The fourth-order valence-corrected chi connectivity index (χ4v) is 1.85. The lowest BCUT2D eigenvalue weighted by Crippen LogP contribution is -2.05. The standard InChI is InChI=1S/C9H5ClN6O2/c10-4-1-2-6-11-5(8-12-14-15-13-8)3-16(6)7(4)9(17)18/h1-3H,(H,17,18)(H,12,13,14,15). The molecule has 0 spiro atoms. The van der Waals surface area contributed by atoms with Crippen molar-refractivity contribution in [1.82, 2.24) is 30.0 Å². The number of nitrogens with zero attached hydrogens (tertiary/aromatic N) is 5. The van der Waals surface area contributed by atoms with E-state index in [-0.39, 0.29) is 16.5 Å². The molecule has 9 heteroatoms. The van der Waals surface area contributed by atoms with Crippen LogP contribution in [-0.4, -0.2) is 41.1 Å². The number of imidazole rings is 1. The Morgan fingerprint density at radius 3 is 2.94 bits per heavy atom. The highest BCUT2D eigenvalue weighted by Crippen LogP contribution is 2.21. The number of pyridine rings is 1. The van der Waals surface area contributed by atoms with Crippen LogP contribution < -0.4 is 0 Å². The molecule has 3 heterocycles. The highest BCUT2D eigenvalue weighted by molar-refractivity contribution is 6.33. The van der Waals surface area contributed by atoms with Crippen LogP contribution in [0.3, 0.4) is 0 Å². The van der Waals surface area contributed by atoms with Crippen molar-refractivity contribution in [3.8, 4) is 11.5 Å². The lowest BCUT2D eigenvalue weighted by Gasteiger charge is -2.01. The highest BCUT2D eigenvalue weighted by atomic mass is 35.5. The molecule has 0 unspecified atom stereocenters. The number of rotatable bonds is 2. The summed E-state index contributed by atoms with van der Waals surface area (Å²) in [6.45, 7) is 0. The summed E-state index contributed by atoms with van der Waals surface area (Å²) in [5.41, 5.74) is 0.793. The Kier molecular flexibility index (Phi) is 2.23. The Bertz CT molecular complexity index is 735. The van der Waals surface area contributed by atoms with Gasteiger partial charge in [-0.2, -0.15) is 5.21 Å². The monoisotopic (exact) mass is 264 g/mol. The van der Waals surface area contributed by atoms with Crippen molar-refractivity contribution in [3.05, 3.63) is 29.0 Å². The second kappa shape index (κ2) is 3.77. The number of fused-ring (bicyclic) bond motifs is 1. The highest BCUT2D eigenvalue weighted by Gasteiger charge is 2.16. The summed E-state index contributed by atoms with van der Waals surface area (Å²) < 4.78 is 1.37. The average molecular weight is 265 g/mol. The molecule has 3 rings (SSSR count). The Morgan fingerprint density at radius 2 is 2.28 bits per heavy atom. The zero-order valence-electron chi connectivity index (χ0n) is 8.70. The Morgan fingerprint density at radius 1 is 1.44 bits per heavy atom. The first-order chi connectivity index (χ1) is 8.66. The van der Waals surface area contributed by atoms with Crippen molar-refractivity contribution in [2.45, 2.75) is 0 Å². The van der Waals surface area contributed by atoms with Gasteiger partial charge in [0.05, 0.1) is 5.02 Å². The molecule has 0 aromatic carbocycles. The van der Waals surface area contributed by atoms with E-state index in [0.29, 0.717) is 11.3 Å². The Balaban J connectivity index is 2.30. The normalized spacial score (nSPS) is 10.9. The van der Waals surface area contributed by atoms with Gasteiger partial charge >= 0.3 is 5.97 Å². The number of hydrogen-bond acceptors (Lipinski definition) is 5.